The van der Waals surface area contributed by atoms with E-state index in [-0.39, 0.29) is 5.91 Å². The molecule has 2 N–H and O–H groups in total. The monoisotopic (exact) mass is 184 g/mol. The standard InChI is InChI=1S/C10H20N2O/c1-8(6-9-4-3-5-9)12-7-10(13)11-2/h8-9,12H,3-7H2,1-2H3,(H,11,13). The molecule has 76 valence electrons. The lowest BCUT2D eigenvalue weighted by Gasteiger charge is -2.28. The van der Waals surface area contributed by atoms with Gasteiger partial charge in [0.25, 0.3) is 0 Å². The van der Waals surface area contributed by atoms with Crippen LogP contribution in [0.4, 0.5) is 0 Å². The Balaban J connectivity index is 2.02. The van der Waals surface area contributed by atoms with Gasteiger partial charge in [-0.1, -0.05) is 19.3 Å². The lowest BCUT2D eigenvalue weighted by molar-refractivity contribution is -0.119. The van der Waals surface area contributed by atoms with Crippen molar-refractivity contribution < 1.29 is 4.79 Å². The Kier molecular flexibility index (Phi) is 4.22. The van der Waals surface area contributed by atoms with Crippen molar-refractivity contribution in [3.05, 3.63) is 0 Å². The maximum atomic E-state index is 10.9. The van der Waals surface area contributed by atoms with Gasteiger partial charge in [0.2, 0.25) is 5.91 Å². The van der Waals surface area contributed by atoms with Gasteiger partial charge in [-0.15, -0.1) is 0 Å². The second-order valence-electron chi connectivity index (χ2n) is 3.99. The van der Waals surface area contributed by atoms with Crippen LogP contribution in [-0.4, -0.2) is 25.5 Å². The Hall–Kier alpha value is -0.570. The number of likely N-dealkylation sites (N-methyl/N-ethyl adjacent to an activating group) is 1. The third-order valence-corrected chi connectivity index (χ3v) is 2.80. The number of hydrogen-bond donors (Lipinski definition) is 2. The summed E-state index contributed by atoms with van der Waals surface area (Å²) in [5.74, 6) is 0.979. The third-order valence-electron chi connectivity index (χ3n) is 2.80. The molecule has 1 amide bonds. The van der Waals surface area contributed by atoms with Crippen molar-refractivity contribution in [2.45, 2.75) is 38.6 Å². The Bertz CT molecular complexity index is 166. The molecule has 1 fully saturated rings. The van der Waals surface area contributed by atoms with Gasteiger partial charge >= 0.3 is 0 Å². The second-order valence-corrected chi connectivity index (χ2v) is 3.99. The number of rotatable bonds is 5. The van der Waals surface area contributed by atoms with E-state index >= 15 is 0 Å². The lowest BCUT2D eigenvalue weighted by atomic mass is 9.81. The van der Waals surface area contributed by atoms with Crippen molar-refractivity contribution in [3.63, 3.8) is 0 Å². The summed E-state index contributed by atoms with van der Waals surface area (Å²) in [5, 5.41) is 5.82. The molecule has 1 rings (SSSR count). The van der Waals surface area contributed by atoms with Gasteiger partial charge in [-0.2, -0.15) is 0 Å². The van der Waals surface area contributed by atoms with E-state index in [0.717, 1.165) is 5.92 Å². The molecule has 0 spiro atoms. The fourth-order valence-electron chi connectivity index (χ4n) is 1.67. The van der Waals surface area contributed by atoms with Gasteiger partial charge < -0.3 is 10.6 Å². The fraction of sp³-hybridized carbons (Fsp3) is 0.900. The van der Waals surface area contributed by atoms with Gasteiger partial charge in [0.1, 0.15) is 0 Å². The molecule has 1 saturated carbocycles. The Morgan fingerprint density at radius 1 is 1.54 bits per heavy atom. The summed E-state index contributed by atoms with van der Waals surface area (Å²) < 4.78 is 0. The molecule has 0 saturated heterocycles. The van der Waals surface area contributed by atoms with Crippen LogP contribution in [0.15, 0.2) is 0 Å². The highest BCUT2D eigenvalue weighted by molar-refractivity contribution is 5.77. The minimum absolute atomic E-state index is 0.0699. The van der Waals surface area contributed by atoms with Crippen LogP contribution in [0.25, 0.3) is 0 Å². The average molecular weight is 184 g/mol. The van der Waals surface area contributed by atoms with Crippen molar-refractivity contribution >= 4 is 5.91 Å². The van der Waals surface area contributed by atoms with Crippen molar-refractivity contribution in [1.29, 1.82) is 0 Å². The molecule has 1 unspecified atom stereocenters. The van der Waals surface area contributed by atoms with Gasteiger partial charge in [-0.3, -0.25) is 4.79 Å². The highest BCUT2D eigenvalue weighted by atomic mass is 16.1. The highest BCUT2D eigenvalue weighted by Crippen LogP contribution is 2.30. The zero-order valence-corrected chi connectivity index (χ0v) is 8.60. The van der Waals surface area contributed by atoms with Crippen molar-refractivity contribution in [2.24, 2.45) is 5.92 Å². The molecular weight excluding hydrogens is 164 g/mol. The second kappa shape index (κ2) is 5.22. The van der Waals surface area contributed by atoms with E-state index in [1.807, 2.05) is 0 Å². The zero-order valence-electron chi connectivity index (χ0n) is 8.60. The van der Waals surface area contributed by atoms with Crippen LogP contribution in [-0.2, 0) is 4.79 Å². The van der Waals surface area contributed by atoms with Crippen LogP contribution >= 0.6 is 0 Å². The molecule has 0 aromatic carbocycles. The maximum absolute atomic E-state index is 10.9. The van der Waals surface area contributed by atoms with Crippen LogP contribution in [0.1, 0.15) is 32.6 Å². The quantitative estimate of drug-likeness (QED) is 0.666. The summed E-state index contributed by atoms with van der Waals surface area (Å²) in [7, 11) is 1.67. The molecule has 13 heavy (non-hydrogen) atoms. The largest absolute Gasteiger partial charge is 0.358 e. The molecule has 0 heterocycles. The van der Waals surface area contributed by atoms with Gasteiger partial charge in [0.15, 0.2) is 0 Å². The fourth-order valence-corrected chi connectivity index (χ4v) is 1.67. The first-order chi connectivity index (χ1) is 6.22. The van der Waals surface area contributed by atoms with Crippen molar-refractivity contribution in [2.75, 3.05) is 13.6 Å². The van der Waals surface area contributed by atoms with Crippen molar-refractivity contribution in [3.8, 4) is 0 Å². The maximum Gasteiger partial charge on any atom is 0.233 e. The smallest absolute Gasteiger partial charge is 0.233 e. The number of carbonyl (C=O) groups excluding carboxylic acids is 1. The van der Waals surface area contributed by atoms with Crippen LogP contribution in [0.2, 0.25) is 0 Å². The normalized spacial score (nSPS) is 19.2. The summed E-state index contributed by atoms with van der Waals surface area (Å²) in [6.07, 6.45) is 5.38. The molecule has 3 heteroatoms. The summed E-state index contributed by atoms with van der Waals surface area (Å²) in [5.41, 5.74) is 0. The van der Waals surface area contributed by atoms with E-state index in [4.69, 9.17) is 0 Å². The topological polar surface area (TPSA) is 41.1 Å². The molecule has 1 atom stereocenters. The summed E-state index contributed by atoms with van der Waals surface area (Å²) in [6, 6.07) is 0.475. The lowest BCUT2D eigenvalue weighted by Crippen LogP contribution is -2.38. The molecule has 1 aliphatic carbocycles. The first kappa shape index (κ1) is 10.5. The molecular formula is C10H20N2O. The first-order valence-corrected chi connectivity index (χ1v) is 5.16. The van der Waals surface area contributed by atoms with E-state index in [9.17, 15) is 4.79 Å². The van der Waals surface area contributed by atoms with Gasteiger partial charge in [-0.25, -0.2) is 0 Å². The van der Waals surface area contributed by atoms with Crippen LogP contribution in [0, 0.1) is 5.92 Å². The predicted octanol–water partition coefficient (Wildman–Crippen LogP) is 0.901. The molecule has 1 aliphatic rings. The Labute approximate surface area is 80.3 Å². The third kappa shape index (κ3) is 3.77. The van der Waals surface area contributed by atoms with Crippen LogP contribution in [0.5, 0.6) is 0 Å². The van der Waals surface area contributed by atoms with E-state index in [1.54, 1.807) is 7.05 Å². The van der Waals surface area contributed by atoms with E-state index in [1.165, 1.54) is 25.7 Å². The Morgan fingerprint density at radius 3 is 2.69 bits per heavy atom. The van der Waals surface area contributed by atoms with Crippen molar-refractivity contribution in [1.82, 2.24) is 10.6 Å². The van der Waals surface area contributed by atoms with Gasteiger partial charge in [0, 0.05) is 13.1 Å². The average Bonchev–Trinajstić information content (AvgIpc) is 2.07. The molecule has 3 nitrogen and oxygen atoms in total. The van der Waals surface area contributed by atoms with Gasteiger partial charge in [-0.05, 0) is 19.3 Å². The van der Waals surface area contributed by atoms with Gasteiger partial charge in [0.05, 0.1) is 6.54 Å². The number of amides is 1. The van der Waals surface area contributed by atoms with E-state index in [2.05, 4.69) is 17.6 Å². The highest BCUT2D eigenvalue weighted by Gasteiger charge is 2.19. The molecule has 0 radical (unpaired) electrons. The minimum Gasteiger partial charge on any atom is -0.358 e. The predicted molar refractivity (Wildman–Crippen MR) is 53.5 cm³/mol. The first-order valence-electron chi connectivity index (χ1n) is 5.16. The molecule has 0 aliphatic heterocycles. The van der Waals surface area contributed by atoms with E-state index in [0.29, 0.717) is 12.6 Å². The number of carbonyl (C=O) groups is 1. The summed E-state index contributed by atoms with van der Waals surface area (Å²) in [4.78, 5) is 10.9. The molecule has 0 aromatic heterocycles. The van der Waals surface area contributed by atoms with Crippen LogP contribution < -0.4 is 10.6 Å². The molecule has 0 aromatic rings. The summed E-state index contributed by atoms with van der Waals surface area (Å²) in [6.45, 7) is 2.60. The Morgan fingerprint density at radius 2 is 2.23 bits per heavy atom. The molecule has 0 bridgehead atoms. The summed E-state index contributed by atoms with van der Waals surface area (Å²) >= 11 is 0. The zero-order chi connectivity index (χ0) is 9.68. The minimum atomic E-state index is 0.0699. The number of hydrogen-bond acceptors (Lipinski definition) is 2. The SMILES string of the molecule is CNC(=O)CNC(C)CC1CCC1. The van der Waals surface area contributed by atoms with Crippen LogP contribution in [0.3, 0.4) is 0 Å². The van der Waals surface area contributed by atoms with E-state index < -0.39 is 0 Å². The number of nitrogens with one attached hydrogen (secondary N) is 2.